The summed E-state index contributed by atoms with van der Waals surface area (Å²) in [4.78, 5) is 24.6. The van der Waals surface area contributed by atoms with Crippen LogP contribution in [0.3, 0.4) is 0 Å². The average Bonchev–Trinajstić information content (AvgIpc) is 3.08. The Bertz CT molecular complexity index is 869. The van der Waals surface area contributed by atoms with Gasteiger partial charge < -0.3 is 0 Å². The Hall–Kier alpha value is -2.07. The number of nitrogens with one attached hydrogen (secondary N) is 1. The van der Waals surface area contributed by atoms with Crippen LogP contribution in [0.5, 0.6) is 0 Å². The highest BCUT2D eigenvalue weighted by Gasteiger charge is 2.34. The molecule has 1 aromatic carbocycles. The second kappa shape index (κ2) is 5.85. The molecule has 1 N–H and O–H groups in total. The highest BCUT2D eigenvalue weighted by molar-refractivity contribution is 6.49. The molecule has 0 atom stereocenters. The monoisotopic (exact) mass is 368 g/mol. The highest BCUT2D eigenvalue weighted by atomic mass is 35.5. The van der Waals surface area contributed by atoms with Gasteiger partial charge in [0.2, 0.25) is 11.8 Å². The number of aromatic nitrogens is 2. The lowest BCUT2D eigenvalue weighted by molar-refractivity contribution is -0.121. The van der Waals surface area contributed by atoms with Crippen LogP contribution in [0.1, 0.15) is 18.4 Å². The molecule has 1 saturated heterocycles. The first-order valence-electron chi connectivity index (χ1n) is 6.43. The van der Waals surface area contributed by atoms with E-state index in [-0.39, 0.29) is 56.8 Å². The summed E-state index contributed by atoms with van der Waals surface area (Å²) in [7, 11) is 0. The maximum absolute atomic E-state index is 11.8. The normalized spacial score (nSPS) is 14.4. The Morgan fingerprint density at radius 1 is 1.13 bits per heavy atom. The van der Waals surface area contributed by atoms with Crippen molar-refractivity contribution < 1.29 is 9.59 Å². The molecule has 1 aromatic heterocycles. The molecule has 6 nitrogen and oxygen atoms in total. The number of aromatic amines is 1. The maximum Gasteiger partial charge on any atom is 0.235 e. The van der Waals surface area contributed by atoms with E-state index in [0.717, 1.165) is 4.90 Å². The van der Waals surface area contributed by atoms with E-state index in [2.05, 4.69) is 10.2 Å². The third-order valence-electron chi connectivity index (χ3n) is 3.42. The van der Waals surface area contributed by atoms with Crippen molar-refractivity contribution in [3.05, 3.63) is 32.8 Å². The van der Waals surface area contributed by atoms with Crippen molar-refractivity contribution >= 4 is 52.4 Å². The van der Waals surface area contributed by atoms with Crippen molar-refractivity contribution in [1.29, 1.82) is 5.26 Å². The number of nitriles is 1. The molecule has 2 amide bonds. The Balaban J connectivity index is 2.17. The molecule has 0 aliphatic carbocycles. The lowest BCUT2D eigenvalue weighted by Crippen LogP contribution is -2.29. The molecule has 1 aliphatic heterocycles. The van der Waals surface area contributed by atoms with Crippen molar-refractivity contribution in [3.8, 4) is 17.3 Å². The van der Waals surface area contributed by atoms with E-state index in [1.165, 1.54) is 6.07 Å². The predicted molar refractivity (Wildman–Crippen MR) is 85.5 cm³/mol. The average molecular weight is 370 g/mol. The van der Waals surface area contributed by atoms with Crippen LogP contribution in [-0.4, -0.2) is 22.0 Å². The molecule has 2 heterocycles. The highest BCUT2D eigenvalue weighted by Crippen LogP contribution is 2.40. The molecule has 0 unspecified atom stereocenters. The lowest BCUT2D eigenvalue weighted by Gasteiger charge is -2.11. The summed E-state index contributed by atoms with van der Waals surface area (Å²) in [6.45, 7) is 0. The molecule has 9 heteroatoms. The molecule has 23 heavy (non-hydrogen) atoms. The van der Waals surface area contributed by atoms with E-state index >= 15 is 0 Å². The van der Waals surface area contributed by atoms with Crippen LogP contribution in [0, 0.1) is 11.3 Å². The summed E-state index contributed by atoms with van der Waals surface area (Å²) in [6, 6.07) is 5.03. The van der Waals surface area contributed by atoms with Gasteiger partial charge >= 0.3 is 0 Å². The third kappa shape index (κ3) is 2.47. The predicted octanol–water partition coefficient (Wildman–Crippen LogP) is 3.56. The van der Waals surface area contributed by atoms with Gasteiger partial charge in [0.1, 0.15) is 17.3 Å². The Morgan fingerprint density at radius 2 is 1.78 bits per heavy atom. The summed E-state index contributed by atoms with van der Waals surface area (Å²) in [5.41, 5.74) is 0.603. The van der Waals surface area contributed by atoms with Crippen molar-refractivity contribution in [3.63, 3.8) is 0 Å². The quantitative estimate of drug-likeness (QED) is 0.647. The first kappa shape index (κ1) is 15.8. The van der Waals surface area contributed by atoms with E-state index in [1.807, 2.05) is 6.07 Å². The number of H-pyrrole nitrogens is 1. The van der Waals surface area contributed by atoms with E-state index < -0.39 is 0 Å². The number of hydrogen-bond donors (Lipinski definition) is 1. The number of rotatable bonds is 2. The third-order valence-corrected chi connectivity index (χ3v) is 4.72. The number of carbonyl (C=O) groups excluding carboxylic acids is 2. The van der Waals surface area contributed by atoms with E-state index in [1.54, 1.807) is 6.07 Å². The van der Waals surface area contributed by atoms with Crippen LogP contribution >= 0.6 is 34.8 Å². The van der Waals surface area contributed by atoms with Crippen LogP contribution in [-0.2, 0) is 9.59 Å². The van der Waals surface area contributed by atoms with Gasteiger partial charge in [-0.05, 0) is 12.1 Å². The van der Waals surface area contributed by atoms with Gasteiger partial charge in [0.25, 0.3) is 0 Å². The number of benzene rings is 1. The summed E-state index contributed by atoms with van der Waals surface area (Å²) >= 11 is 18.1. The van der Waals surface area contributed by atoms with Gasteiger partial charge in [0.05, 0.1) is 15.1 Å². The van der Waals surface area contributed by atoms with Gasteiger partial charge in [-0.15, -0.1) is 0 Å². The molecule has 3 rings (SSSR count). The molecule has 1 aliphatic rings. The Kier molecular flexibility index (Phi) is 4.02. The SMILES string of the molecule is N#Cc1c(-c2ccc(Cl)c(Cl)c2Cl)n[nH]c1N1C(=O)CCC1=O. The van der Waals surface area contributed by atoms with Crippen molar-refractivity contribution in [2.24, 2.45) is 0 Å². The minimum absolute atomic E-state index is 0.0360. The van der Waals surface area contributed by atoms with Crippen LogP contribution in [0.25, 0.3) is 11.3 Å². The second-order valence-electron chi connectivity index (χ2n) is 4.75. The molecular weight excluding hydrogens is 363 g/mol. The smallest absolute Gasteiger partial charge is 0.235 e. The number of imide groups is 1. The molecule has 0 bridgehead atoms. The van der Waals surface area contributed by atoms with Crippen LogP contribution < -0.4 is 4.90 Å². The van der Waals surface area contributed by atoms with Gasteiger partial charge in [-0.2, -0.15) is 10.4 Å². The van der Waals surface area contributed by atoms with E-state index in [4.69, 9.17) is 34.8 Å². The van der Waals surface area contributed by atoms with Crippen molar-refractivity contribution in [1.82, 2.24) is 10.2 Å². The van der Waals surface area contributed by atoms with E-state index in [9.17, 15) is 14.9 Å². The zero-order chi connectivity index (χ0) is 16.7. The fourth-order valence-electron chi connectivity index (χ4n) is 2.33. The minimum atomic E-state index is -0.387. The second-order valence-corrected chi connectivity index (χ2v) is 5.92. The minimum Gasteiger partial charge on any atom is -0.274 e. The first-order chi connectivity index (χ1) is 11.0. The zero-order valence-electron chi connectivity index (χ0n) is 11.4. The fraction of sp³-hybridized carbons (Fsp3) is 0.143. The fourth-order valence-corrected chi connectivity index (χ4v) is 2.96. The maximum atomic E-state index is 11.8. The summed E-state index contributed by atoms with van der Waals surface area (Å²) in [5, 5.41) is 16.6. The zero-order valence-corrected chi connectivity index (χ0v) is 13.6. The summed E-state index contributed by atoms with van der Waals surface area (Å²) < 4.78 is 0. The largest absolute Gasteiger partial charge is 0.274 e. The van der Waals surface area contributed by atoms with Crippen LogP contribution in [0.4, 0.5) is 5.82 Å². The topological polar surface area (TPSA) is 89.8 Å². The number of anilines is 1. The van der Waals surface area contributed by atoms with Crippen LogP contribution in [0.15, 0.2) is 12.1 Å². The molecule has 0 spiro atoms. The number of hydrogen-bond acceptors (Lipinski definition) is 4. The standard InChI is InChI=1S/C14H7Cl3N4O2/c15-8-2-1-6(11(16)12(8)17)13-7(5-18)14(20-19-13)21-9(22)3-4-10(21)23/h1-2H,3-4H2,(H,19,20). The molecule has 0 radical (unpaired) electrons. The molecule has 0 saturated carbocycles. The lowest BCUT2D eigenvalue weighted by atomic mass is 10.1. The number of halogens is 3. The summed E-state index contributed by atoms with van der Waals surface area (Å²) in [6.07, 6.45) is 0.206. The molecular formula is C14H7Cl3N4O2. The number of amides is 2. The number of nitrogens with zero attached hydrogens (tertiary/aromatic N) is 3. The Morgan fingerprint density at radius 3 is 2.39 bits per heavy atom. The summed E-state index contributed by atoms with van der Waals surface area (Å²) in [5.74, 6) is -0.735. The van der Waals surface area contributed by atoms with Gasteiger partial charge in [0.15, 0.2) is 5.82 Å². The van der Waals surface area contributed by atoms with Crippen molar-refractivity contribution in [2.75, 3.05) is 4.90 Å². The van der Waals surface area contributed by atoms with Crippen LogP contribution in [0.2, 0.25) is 15.1 Å². The van der Waals surface area contributed by atoms with Gasteiger partial charge in [0, 0.05) is 18.4 Å². The number of carbonyl (C=O) groups is 2. The molecule has 2 aromatic rings. The Labute approximate surface area is 145 Å². The van der Waals surface area contributed by atoms with Crippen molar-refractivity contribution in [2.45, 2.75) is 12.8 Å². The van der Waals surface area contributed by atoms with Gasteiger partial charge in [-0.3, -0.25) is 14.7 Å². The molecule has 1 fully saturated rings. The van der Waals surface area contributed by atoms with E-state index in [0.29, 0.717) is 5.56 Å². The van der Waals surface area contributed by atoms with Gasteiger partial charge in [-0.1, -0.05) is 34.8 Å². The molecule has 116 valence electrons. The van der Waals surface area contributed by atoms with Gasteiger partial charge in [-0.25, -0.2) is 4.90 Å². The first-order valence-corrected chi connectivity index (χ1v) is 7.57.